The van der Waals surface area contributed by atoms with Gasteiger partial charge < -0.3 is 10.1 Å². The molecule has 1 aromatic carbocycles. The van der Waals surface area contributed by atoms with Gasteiger partial charge in [-0.15, -0.1) is 11.3 Å². The average molecular weight is 458 g/mol. The summed E-state index contributed by atoms with van der Waals surface area (Å²) in [6.07, 6.45) is 2.72. The van der Waals surface area contributed by atoms with Crippen molar-refractivity contribution in [3.63, 3.8) is 0 Å². The van der Waals surface area contributed by atoms with Crippen molar-refractivity contribution >= 4 is 38.9 Å². The van der Waals surface area contributed by atoms with Gasteiger partial charge in [-0.2, -0.15) is 0 Å². The van der Waals surface area contributed by atoms with Gasteiger partial charge >= 0.3 is 0 Å². The second kappa shape index (κ2) is 9.42. The minimum Gasteiger partial charge on any atom is -0.486 e. The Morgan fingerprint density at radius 2 is 1.97 bits per heavy atom. The van der Waals surface area contributed by atoms with Gasteiger partial charge in [-0.25, -0.2) is 17.7 Å². The number of ether oxygens (including phenoxy) is 1. The zero-order valence-corrected chi connectivity index (χ0v) is 18.7. The predicted octanol–water partition coefficient (Wildman–Crippen LogP) is 3.09. The van der Waals surface area contributed by atoms with Gasteiger partial charge in [0.15, 0.2) is 0 Å². The molecule has 2 heterocycles. The molecule has 1 fully saturated rings. The third-order valence-corrected chi connectivity index (χ3v) is 7.50. The van der Waals surface area contributed by atoms with E-state index in [1.807, 2.05) is 6.92 Å². The van der Waals surface area contributed by atoms with Crippen LogP contribution in [0.5, 0.6) is 5.75 Å². The first-order valence-corrected chi connectivity index (χ1v) is 12.3. The van der Waals surface area contributed by atoms with Crippen LogP contribution in [-0.4, -0.2) is 49.5 Å². The van der Waals surface area contributed by atoms with Crippen LogP contribution in [0.3, 0.4) is 0 Å². The van der Waals surface area contributed by atoms with Crippen LogP contribution < -0.4 is 10.1 Å². The summed E-state index contributed by atoms with van der Waals surface area (Å²) in [5.41, 5.74) is 0.675. The Kier molecular flexibility index (Phi) is 7.15. The number of hydrogen-bond acceptors (Lipinski definition) is 6. The second-order valence-electron chi connectivity index (χ2n) is 7.08. The van der Waals surface area contributed by atoms with Crippen molar-refractivity contribution < 1.29 is 17.9 Å². The number of aryl methyl sites for hydroxylation is 1. The Morgan fingerprint density at radius 3 is 2.59 bits per heavy atom. The van der Waals surface area contributed by atoms with Gasteiger partial charge in [0.1, 0.15) is 22.2 Å². The summed E-state index contributed by atoms with van der Waals surface area (Å²) in [6.45, 7) is 3.63. The van der Waals surface area contributed by atoms with Gasteiger partial charge in [0.25, 0.3) is 5.91 Å². The molecule has 0 atom stereocenters. The van der Waals surface area contributed by atoms with Crippen molar-refractivity contribution in [3.8, 4) is 5.75 Å². The normalized spacial score (nSPS) is 16.0. The van der Waals surface area contributed by atoms with E-state index in [1.165, 1.54) is 21.9 Å². The maximum absolute atomic E-state index is 12.6. The quantitative estimate of drug-likeness (QED) is 0.690. The van der Waals surface area contributed by atoms with E-state index in [0.717, 1.165) is 17.8 Å². The molecule has 0 radical (unpaired) electrons. The Hall–Kier alpha value is -1.68. The molecular formula is C19H24ClN3O4S2. The maximum atomic E-state index is 12.6. The Balaban J connectivity index is 1.49. The summed E-state index contributed by atoms with van der Waals surface area (Å²) in [5, 5.41) is 4.33. The molecule has 0 unspecified atom stereocenters. The molecule has 10 heteroatoms. The highest BCUT2D eigenvalue weighted by molar-refractivity contribution is 7.88. The van der Waals surface area contributed by atoms with Gasteiger partial charge in [0, 0.05) is 24.7 Å². The molecule has 1 saturated heterocycles. The van der Waals surface area contributed by atoms with E-state index in [4.69, 9.17) is 16.3 Å². The van der Waals surface area contributed by atoms with Crippen molar-refractivity contribution in [2.75, 3.05) is 25.9 Å². The van der Waals surface area contributed by atoms with E-state index in [2.05, 4.69) is 10.3 Å². The van der Waals surface area contributed by atoms with Crippen LogP contribution in [0.25, 0.3) is 0 Å². The molecule has 29 heavy (non-hydrogen) atoms. The Bertz CT molecular complexity index is 952. The number of halogens is 1. The van der Waals surface area contributed by atoms with Crippen LogP contribution in [0.15, 0.2) is 24.3 Å². The van der Waals surface area contributed by atoms with Crippen molar-refractivity contribution in [1.29, 1.82) is 0 Å². The number of aromatic nitrogens is 1. The van der Waals surface area contributed by atoms with E-state index < -0.39 is 10.0 Å². The summed E-state index contributed by atoms with van der Waals surface area (Å²) in [6, 6.07) is 7.07. The van der Waals surface area contributed by atoms with E-state index in [1.54, 1.807) is 24.3 Å². The van der Waals surface area contributed by atoms with Crippen molar-refractivity contribution in [2.24, 2.45) is 5.92 Å². The fourth-order valence-corrected chi connectivity index (χ4v) is 5.06. The highest BCUT2D eigenvalue weighted by Gasteiger charge is 2.25. The highest BCUT2D eigenvalue weighted by Crippen LogP contribution is 2.22. The van der Waals surface area contributed by atoms with Crippen LogP contribution >= 0.6 is 22.9 Å². The fourth-order valence-electron chi connectivity index (χ4n) is 3.16. The van der Waals surface area contributed by atoms with Crippen LogP contribution in [-0.2, 0) is 16.6 Å². The summed E-state index contributed by atoms with van der Waals surface area (Å²) < 4.78 is 30.3. The average Bonchev–Trinajstić information content (AvgIpc) is 3.06. The number of nitrogens with one attached hydrogen (secondary N) is 1. The molecule has 0 bridgehead atoms. The van der Waals surface area contributed by atoms with Gasteiger partial charge in [0.2, 0.25) is 10.0 Å². The molecule has 1 aromatic heterocycles. The van der Waals surface area contributed by atoms with Crippen molar-refractivity contribution in [1.82, 2.24) is 14.6 Å². The van der Waals surface area contributed by atoms with E-state index >= 15 is 0 Å². The Labute approximate surface area is 180 Å². The lowest BCUT2D eigenvalue weighted by Gasteiger charge is -2.30. The number of nitrogens with zero attached hydrogens (tertiary/aromatic N) is 2. The lowest BCUT2D eigenvalue weighted by Crippen LogP contribution is -2.41. The molecule has 0 aliphatic carbocycles. The van der Waals surface area contributed by atoms with Crippen molar-refractivity contribution in [3.05, 3.63) is 44.9 Å². The lowest BCUT2D eigenvalue weighted by molar-refractivity contribution is 0.0945. The van der Waals surface area contributed by atoms with E-state index in [-0.39, 0.29) is 18.4 Å². The molecule has 3 rings (SSSR count). The minimum atomic E-state index is -3.13. The summed E-state index contributed by atoms with van der Waals surface area (Å²) in [5.74, 6) is 0.815. The number of amides is 1. The molecule has 1 aliphatic heterocycles. The summed E-state index contributed by atoms with van der Waals surface area (Å²) in [4.78, 5) is 17.6. The standard InChI is InChI=1S/C19H24ClN3O4S2/c1-13-18(28-17(22-13)12-27-16-5-3-15(20)4-6-16)19(24)21-11-14-7-9-23(10-8-14)29(2,25)26/h3-6,14H,7-12H2,1-2H3,(H,21,24). The van der Waals surface area contributed by atoms with Crippen molar-refractivity contribution in [2.45, 2.75) is 26.4 Å². The molecule has 0 saturated carbocycles. The molecule has 7 nitrogen and oxygen atoms in total. The predicted molar refractivity (Wildman–Crippen MR) is 114 cm³/mol. The van der Waals surface area contributed by atoms with E-state index in [9.17, 15) is 13.2 Å². The van der Waals surface area contributed by atoms with Gasteiger partial charge in [-0.3, -0.25) is 4.79 Å². The first-order chi connectivity index (χ1) is 13.7. The number of carbonyl (C=O) groups is 1. The molecule has 2 aromatic rings. The summed E-state index contributed by atoms with van der Waals surface area (Å²) in [7, 11) is -3.13. The third kappa shape index (κ3) is 6.15. The Morgan fingerprint density at radius 1 is 1.31 bits per heavy atom. The third-order valence-electron chi connectivity index (χ3n) is 4.82. The molecule has 1 aliphatic rings. The van der Waals surface area contributed by atoms with Crippen LogP contribution in [0.4, 0.5) is 0 Å². The zero-order valence-electron chi connectivity index (χ0n) is 16.4. The number of carbonyl (C=O) groups excluding carboxylic acids is 1. The lowest BCUT2D eigenvalue weighted by atomic mass is 9.98. The molecular weight excluding hydrogens is 434 g/mol. The number of hydrogen-bond donors (Lipinski definition) is 1. The van der Waals surface area contributed by atoms with Gasteiger partial charge in [-0.05, 0) is 49.9 Å². The zero-order chi connectivity index (χ0) is 21.0. The first kappa shape index (κ1) is 22.0. The number of piperidine rings is 1. The fraction of sp³-hybridized carbons (Fsp3) is 0.474. The molecule has 1 N–H and O–H groups in total. The number of sulfonamides is 1. The monoisotopic (exact) mass is 457 g/mol. The minimum absolute atomic E-state index is 0.150. The van der Waals surface area contributed by atoms with Gasteiger partial charge in [0.05, 0.1) is 11.9 Å². The second-order valence-corrected chi connectivity index (χ2v) is 10.6. The van der Waals surface area contributed by atoms with Crippen LogP contribution in [0.2, 0.25) is 5.02 Å². The van der Waals surface area contributed by atoms with Gasteiger partial charge in [-0.1, -0.05) is 11.6 Å². The first-order valence-electron chi connectivity index (χ1n) is 9.30. The smallest absolute Gasteiger partial charge is 0.263 e. The maximum Gasteiger partial charge on any atom is 0.263 e. The van der Waals surface area contributed by atoms with Crippen LogP contribution in [0.1, 0.15) is 33.2 Å². The highest BCUT2D eigenvalue weighted by atomic mass is 35.5. The molecule has 0 spiro atoms. The molecule has 158 valence electrons. The molecule has 1 amide bonds. The van der Waals surface area contributed by atoms with E-state index in [0.29, 0.717) is 41.0 Å². The number of benzene rings is 1. The SMILES string of the molecule is Cc1nc(COc2ccc(Cl)cc2)sc1C(=O)NCC1CCN(S(C)(=O)=O)CC1. The number of rotatable bonds is 7. The number of thiazole rings is 1. The summed E-state index contributed by atoms with van der Waals surface area (Å²) >= 11 is 7.18. The topological polar surface area (TPSA) is 88.6 Å². The van der Waals surface area contributed by atoms with Crippen LogP contribution in [0, 0.1) is 12.8 Å². The largest absolute Gasteiger partial charge is 0.486 e.